The number of anilines is 2. The van der Waals surface area contributed by atoms with Crippen molar-refractivity contribution in [3.05, 3.63) is 83.1 Å². The van der Waals surface area contributed by atoms with Crippen LogP contribution in [0.2, 0.25) is 5.15 Å². The number of hydrogen-bond donors (Lipinski definition) is 2. The van der Waals surface area contributed by atoms with E-state index in [1.54, 1.807) is 60.7 Å². The van der Waals surface area contributed by atoms with E-state index in [4.69, 9.17) is 16.3 Å². The molecule has 0 radical (unpaired) electrons. The molecule has 0 unspecified atom stereocenters. The van der Waals surface area contributed by atoms with Gasteiger partial charge in [0, 0.05) is 23.1 Å². The second-order valence-corrected chi connectivity index (χ2v) is 6.20. The Morgan fingerprint density at radius 3 is 1.93 bits per heavy atom. The maximum atomic E-state index is 12.4. The number of nitrogens with one attached hydrogen (secondary N) is 2. The van der Waals surface area contributed by atoms with Crippen molar-refractivity contribution in [1.82, 2.24) is 4.98 Å². The summed E-state index contributed by atoms with van der Waals surface area (Å²) in [5.74, 6) is 0.191. The number of carbonyl (C=O) groups is 2. The lowest BCUT2D eigenvalue weighted by Gasteiger charge is -2.08. The van der Waals surface area contributed by atoms with Crippen LogP contribution in [0, 0.1) is 0 Å². The maximum absolute atomic E-state index is 12.4. The van der Waals surface area contributed by atoms with E-state index in [1.807, 2.05) is 6.92 Å². The third kappa shape index (κ3) is 5.08. The Balaban J connectivity index is 1.60. The van der Waals surface area contributed by atoms with Gasteiger partial charge in [0.2, 0.25) is 0 Å². The molecule has 6 nitrogen and oxygen atoms in total. The molecular weight excluding hydrogens is 378 g/mol. The maximum Gasteiger partial charge on any atom is 0.257 e. The van der Waals surface area contributed by atoms with Crippen LogP contribution in [0.15, 0.2) is 66.9 Å². The number of hydrogen-bond acceptors (Lipinski definition) is 4. The third-order valence-electron chi connectivity index (χ3n) is 3.82. The largest absolute Gasteiger partial charge is 0.494 e. The molecule has 2 amide bonds. The Morgan fingerprint density at radius 1 is 0.857 bits per heavy atom. The van der Waals surface area contributed by atoms with Crippen LogP contribution in [0.5, 0.6) is 5.75 Å². The van der Waals surface area contributed by atoms with Gasteiger partial charge >= 0.3 is 0 Å². The van der Waals surface area contributed by atoms with Crippen molar-refractivity contribution in [2.24, 2.45) is 0 Å². The molecule has 0 saturated carbocycles. The average Bonchev–Trinajstić information content (AvgIpc) is 2.70. The van der Waals surface area contributed by atoms with Crippen molar-refractivity contribution in [3.8, 4) is 5.75 Å². The Bertz CT molecular complexity index is 956. The first kappa shape index (κ1) is 19.4. The molecule has 0 saturated heterocycles. The van der Waals surface area contributed by atoms with Gasteiger partial charge in [-0.25, -0.2) is 4.98 Å². The molecule has 0 bridgehead atoms. The minimum absolute atomic E-state index is 0.246. The van der Waals surface area contributed by atoms with Crippen molar-refractivity contribution in [3.63, 3.8) is 0 Å². The average molecular weight is 396 g/mol. The number of benzene rings is 2. The molecule has 2 N–H and O–H groups in total. The van der Waals surface area contributed by atoms with E-state index in [2.05, 4.69) is 15.6 Å². The monoisotopic (exact) mass is 395 g/mol. The molecule has 7 heteroatoms. The van der Waals surface area contributed by atoms with E-state index in [0.717, 1.165) is 5.75 Å². The summed E-state index contributed by atoms with van der Waals surface area (Å²) in [5, 5.41) is 5.88. The summed E-state index contributed by atoms with van der Waals surface area (Å²) in [4.78, 5) is 28.4. The van der Waals surface area contributed by atoms with Gasteiger partial charge in [-0.15, -0.1) is 0 Å². The SMILES string of the molecule is CCOc1ccc(NC(=O)c2ccc(NC(=O)c3ccc(Cl)nc3)cc2)cc1. The van der Waals surface area contributed by atoms with E-state index in [0.29, 0.717) is 34.3 Å². The van der Waals surface area contributed by atoms with Crippen LogP contribution in [0.25, 0.3) is 0 Å². The lowest BCUT2D eigenvalue weighted by atomic mass is 10.1. The predicted octanol–water partition coefficient (Wildman–Crippen LogP) is 4.64. The standard InChI is InChI=1S/C21H18ClN3O3/c1-2-28-18-10-8-17(9-11-18)24-20(26)14-3-6-16(7-4-14)25-21(27)15-5-12-19(22)23-13-15/h3-13H,2H2,1H3,(H,24,26)(H,25,27). The highest BCUT2D eigenvalue weighted by molar-refractivity contribution is 6.29. The van der Waals surface area contributed by atoms with Crippen LogP contribution in [-0.4, -0.2) is 23.4 Å². The molecule has 0 aliphatic heterocycles. The van der Waals surface area contributed by atoms with Crippen molar-refractivity contribution in [2.75, 3.05) is 17.2 Å². The molecule has 3 aromatic rings. The number of amides is 2. The van der Waals surface area contributed by atoms with Crippen LogP contribution < -0.4 is 15.4 Å². The minimum Gasteiger partial charge on any atom is -0.494 e. The highest BCUT2D eigenvalue weighted by atomic mass is 35.5. The van der Waals surface area contributed by atoms with E-state index >= 15 is 0 Å². The molecule has 0 aliphatic rings. The van der Waals surface area contributed by atoms with Gasteiger partial charge < -0.3 is 15.4 Å². The number of halogens is 1. The molecule has 28 heavy (non-hydrogen) atoms. The van der Waals surface area contributed by atoms with Crippen LogP contribution in [0.3, 0.4) is 0 Å². The van der Waals surface area contributed by atoms with E-state index in [-0.39, 0.29) is 11.8 Å². The number of rotatable bonds is 6. The van der Waals surface area contributed by atoms with Gasteiger partial charge in [-0.3, -0.25) is 9.59 Å². The molecule has 1 aromatic heterocycles. The molecule has 0 spiro atoms. The highest BCUT2D eigenvalue weighted by Gasteiger charge is 2.09. The molecule has 142 valence electrons. The lowest BCUT2D eigenvalue weighted by molar-refractivity contribution is 0.101. The summed E-state index contributed by atoms with van der Waals surface area (Å²) in [6.07, 6.45) is 1.40. The van der Waals surface area contributed by atoms with Gasteiger partial charge in [0.15, 0.2) is 0 Å². The van der Waals surface area contributed by atoms with E-state index in [9.17, 15) is 9.59 Å². The quantitative estimate of drug-likeness (QED) is 0.596. The molecule has 2 aromatic carbocycles. The second kappa shape index (κ2) is 9.01. The van der Waals surface area contributed by atoms with Crippen molar-refractivity contribution < 1.29 is 14.3 Å². The zero-order chi connectivity index (χ0) is 19.9. The smallest absolute Gasteiger partial charge is 0.257 e. The van der Waals surface area contributed by atoms with Crippen molar-refractivity contribution >= 4 is 34.8 Å². The normalized spacial score (nSPS) is 10.2. The fraction of sp³-hybridized carbons (Fsp3) is 0.0952. The fourth-order valence-corrected chi connectivity index (χ4v) is 2.53. The zero-order valence-electron chi connectivity index (χ0n) is 15.1. The summed E-state index contributed by atoms with van der Waals surface area (Å²) in [6, 6.07) is 16.9. The molecule has 3 rings (SSSR count). The Kier molecular flexibility index (Phi) is 6.24. The zero-order valence-corrected chi connectivity index (χ0v) is 15.9. The number of carbonyl (C=O) groups excluding carboxylic acids is 2. The van der Waals surface area contributed by atoms with Crippen LogP contribution in [-0.2, 0) is 0 Å². The van der Waals surface area contributed by atoms with Crippen molar-refractivity contribution in [1.29, 1.82) is 0 Å². The van der Waals surface area contributed by atoms with Gasteiger partial charge in [0.1, 0.15) is 10.9 Å². The number of nitrogens with zero attached hydrogens (tertiary/aromatic N) is 1. The minimum atomic E-state index is -0.309. The van der Waals surface area contributed by atoms with Gasteiger partial charge in [-0.2, -0.15) is 0 Å². The molecule has 0 aliphatic carbocycles. The Hall–Kier alpha value is -3.38. The first-order valence-electron chi connectivity index (χ1n) is 8.62. The highest BCUT2D eigenvalue weighted by Crippen LogP contribution is 2.17. The third-order valence-corrected chi connectivity index (χ3v) is 4.04. The molecule has 1 heterocycles. The predicted molar refractivity (Wildman–Crippen MR) is 109 cm³/mol. The lowest BCUT2D eigenvalue weighted by Crippen LogP contribution is -2.14. The summed E-state index contributed by atoms with van der Waals surface area (Å²) in [6.45, 7) is 2.50. The second-order valence-electron chi connectivity index (χ2n) is 5.81. The van der Waals surface area contributed by atoms with Gasteiger partial charge in [-0.1, -0.05) is 11.6 Å². The topological polar surface area (TPSA) is 80.3 Å². The van der Waals surface area contributed by atoms with Gasteiger partial charge in [0.25, 0.3) is 11.8 Å². The van der Waals surface area contributed by atoms with Crippen LogP contribution in [0.1, 0.15) is 27.6 Å². The van der Waals surface area contributed by atoms with Gasteiger partial charge in [0.05, 0.1) is 12.2 Å². The summed E-state index contributed by atoms with van der Waals surface area (Å²) >= 11 is 5.72. The first-order valence-corrected chi connectivity index (χ1v) is 9.00. The summed E-state index contributed by atoms with van der Waals surface area (Å²) in [5.41, 5.74) is 2.10. The van der Waals surface area contributed by atoms with Crippen LogP contribution >= 0.6 is 11.6 Å². The Morgan fingerprint density at radius 2 is 1.39 bits per heavy atom. The summed E-state index contributed by atoms with van der Waals surface area (Å²) < 4.78 is 5.38. The van der Waals surface area contributed by atoms with Gasteiger partial charge in [-0.05, 0) is 67.6 Å². The Labute approximate surface area is 167 Å². The number of pyridine rings is 1. The fourth-order valence-electron chi connectivity index (χ4n) is 2.42. The first-order chi connectivity index (χ1) is 13.5. The molecule has 0 atom stereocenters. The molecule has 0 fully saturated rings. The summed E-state index contributed by atoms with van der Waals surface area (Å²) in [7, 11) is 0. The number of ether oxygens (including phenoxy) is 1. The number of aromatic nitrogens is 1. The molecular formula is C21H18ClN3O3. The van der Waals surface area contributed by atoms with Crippen LogP contribution in [0.4, 0.5) is 11.4 Å². The van der Waals surface area contributed by atoms with E-state index in [1.165, 1.54) is 6.20 Å². The van der Waals surface area contributed by atoms with Crippen molar-refractivity contribution in [2.45, 2.75) is 6.92 Å². The van der Waals surface area contributed by atoms with E-state index < -0.39 is 0 Å².